The number of phenolic OH excluding ortho intramolecular Hbond substituents is 1. The van der Waals surface area contributed by atoms with Crippen molar-refractivity contribution in [2.24, 2.45) is 0 Å². The predicted molar refractivity (Wildman–Crippen MR) is 137 cm³/mol. The third kappa shape index (κ3) is 4.28. The summed E-state index contributed by atoms with van der Waals surface area (Å²) in [6.07, 6.45) is 0. The van der Waals surface area contributed by atoms with E-state index in [1.54, 1.807) is 24.3 Å². The molecule has 0 aliphatic carbocycles. The number of hydrogen-bond acceptors (Lipinski definition) is 4. The number of aromatic hydroxyl groups is 1. The second kappa shape index (κ2) is 8.28. The molecule has 174 valence electrons. The zero-order valence-corrected chi connectivity index (χ0v) is 20.5. The zero-order valence-electron chi connectivity index (χ0n) is 20.5. The van der Waals surface area contributed by atoms with Gasteiger partial charge in [0.05, 0.1) is 0 Å². The number of benzene rings is 3. The standard InChI is InChI=1S/C30H30O4/c1-29(2,3)20-14-10-18(11-15-20)26(32)25-27(33)24-22(31)8-7-9-23(24)34-28(25)19-12-16-21(17-13-19)30(4,5)6/h7-17,31H,1-6H3. The van der Waals surface area contributed by atoms with Crippen molar-refractivity contribution in [2.45, 2.75) is 52.4 Å². The van der Waals surface area contributed by atoms with Gasteiger partial charge in [0.25, 0.3) is 0 Å². The van der Waals surface area contributed by atoms with E-state index < -0.39 is 11.2 Å². The Balaban J connectivity index is 1.94. The van der Waals surface area contributed by atoms with Gasteiger partial charge in [-0.25, -0.2) is 0 Å². The monoisotopic (exact) mass is 454 g/mol. The fraction of sp³-hybridized carbons (Fsp3) is 0.267. The number of ketones is 1. The summed E-state index contributed by atoms with van der Waals surface area (Å²) in [7, 11) is 0. The highest BCUT2D eigenvalue weighted by Gasteiger charge is 2.26. The van der Waals surface area contributed by atoms with Crippen LogP contribution < -0.4 is 5.43 Å². The summed E-state index contributed by atoms with van der Waals surface area (Å²) in [5.41, 5.74) is 2.75. The molecule has 1 heterocycles. The van der Waals surface area contributed by atoms with Crippen LogP contribution in [0.3, 0.4) is 0 Å². The molecule has 4 heteroatoms. The van der Waals surface area contributed by atoms with Gasteiger partial charge in [0.2, 0.25) is 11.2 Å². The van der Waals surface area contributed by atoms with Crippen molar-refractivity contribution in [3.8, 4) is 17.1 Å². The SMILES string of the molecule is CC(C)(C)c1ccc(C(=O)c2c(-c3ccc(C(C)(C)C)cc3)oc3cccc(O)c3c2=O)cc1. The molecule has 1 N–H and O–H groups in total. The first-order chi connectivity index (χ1) is 15.9. The Morgan fingerprint density at radius 2 is 1.29 bits per heavy atom. The average Bonchev–Trinajstić information content (AvgIpc) is 2.77. The molecule has 3 aromatic carbocycles. The first kappa shape index (κ1) is 23.5. The van der Waals surface area contributed by atoms with Crippen LogP contribution in [0.5, 0.6) is 5.75 Å². The van der Waals surface area contributed by atoms with Crippen LogP contribution in [-0.2, 0) is 10.8 Å². The van der Waals surface area contributed by atoms with Crippen LogP contribution in [-0.4, -0.2) is 10.9 Å². The van der Waals surface area contributed by atoms with E-state index in [1.807, 2.05) is 36.4 Å². The van der Waals surface area contributed by atoms with Crippen molar-refractivity contribution < 1.29 is 14.3 Å². The topological polar surface area (TPSA) is 67.5 Å². The molecule has 4 aromatic rings. The van der Waals surface area contributed by atoms with Crippen LogP contribution in [0.4, 0.5) is 0 Å². The highest BCUT2D eigenvalue weighted by Crippen LogP contribution is 2.32. The van der Waals surface area contributed by atoms with Crippen molar-refractivity contribution in [1.29, 1.82) is 0 Å². The molecule has 0 bridgehead atoms. The maximum Gasteiger partial charge on any atom is 0.208 e. The number of carbonyl (C=O) groups is 1. The molecule has 0 unspecified atom stereocenters. The molecule has 0 amide bonds. The molecule has 0 fully saturated rings. The first-order valence-corrected chi connectivity index (χ1v) is 11.4. The predicted octanol–water partition coefficient (Wildman–Crippen LogP) is 6.99. The fourth-order valence-corrected chi connectivity index (χ4v) is 4.02. The number of carbonyl (C=O) groups excluding carboxylic acids is 1. The highest BCUT2D eigenvalue weighted by molar-refractivity contribution is 6.13. The molecule has 0 saturated heterocycles. The second-order valence-corrected chi connectivity index (χ2v) is 10.8. The van der Waals surface area contributed by atoms with E-state index >= 15 is 0 Å². The normalized spacial score (nSPS) is 12.2. The van der Waals surface area contributed by atoms with E-state index in [2.05, 4.69) is 41.5 Å². The summed E-state index contributed by atoms with van der Waals surface area (Å²) in [5.74, 6) is -0.444. The Morgan fingerprint density at radius 3 is 1.82 bits per heavy atom. The van der Waals surface area contributed by atoms with Crippen molar-refractivity contribution in [1.82, 2.24) is 0 Å². The smallest absolute Gasteiger partial charge is 0.208 e. The largest absolute Gasteiger partial charge is 0.507 e. The third-order valence-electron chi connectivity index (χ3n) is 6.15. The Morgan fingerprint density at radius 1 is 0.765 bits per heavy atom. The molecule has 4 rings (SSSR count). The molecular formula is C30H30O4. The van der Waals surface area contributed by atoms with Crippen molar-refractivity contribution in [3.63, 3.8) is 0 Å². The van der Waals surface area contributed by atoms with Gasteiger partial charge in [-0.05, 0) is 34.1 Å². The zero-order chi connectivity index (χ0) is 24.8. The van der Waals surface area contributed by atoms with Crippen molar-refractivity contribution in [3.05, 3.63) is 99.2 Å². The van der Waals surface area contributed by atoms with E-state index in [1.165, 1.54) is 6.07 Å². The molecule has 0 aliphatic heterocycles. The van der Waals surface area contributed by atoms with Crippen LogP contribution in [0.15, 0.2) is 75.9 Å². The molecule has 0 atom stereocenters. The van der Waals surface area contributed by atoms with Crippen LogP contribution in [0.2, 0.25) is 0 Å². The van der Waals surface area contributed by atoms with E-state index in [9.17, 15) is 14.7 Å². The molecule has 0 saturated carbocycles. The van der Waals surface area contributed by atoms with E-state index in [4.69, 9.17) is 4.42 Å². The van der Waals surface area contributed by atoms with Crippen molar-refractivity contribution >= 4 is 16.8 Å². The Bertz CT molecular complexity index is 1430. The third-order valence-corrected chi connectivity index (χ3v) is 6.15. The number of fused-ring (bicyclic) bond motifs is 1. The van der Waals surface area contributed by atoms with E-state index in [0.29, 0.717) is 11.1 Å². The molecule has 34 heavy (non-hydrogen) atoms. The Labute approximate surface area is 199 Å². The van der Waals surface area contributed by atoms with E-state index in [0.717, 1.165) is 11.1 Å². The first-order valence-electron chi connectivity index (χ1n) is 11.4. The fourth-order valence-electron chi connectivity index (χ4n) is 4.02. The van der Waals surface area contributed by atoms with Crippen LogP contribution in [0.1, 0.15) is 68.6 Å². The van der Waals surface area contributed by atoms with Gasteiger partial charge in [-0.2, -0.15) is 0 Å². The summed E-state index contributed by atoms with van der Waals surface area (Å²) in [5, 5.41) is 10.4. The summed E-state index contributed by atoms with van der Waals surface area (Å²) in [4.78, 5) is 27.2. The van der Waals surface area contributed by atoms with Gasteiger partial charge < -0.3 is 9.52 Å². The second-order valence-electron chi connectivity index (χ2n) is 10.8. The maximum absolute atomic E-state index is 13.7. The Hall–Kier alpha value is -3.66. The number of phenols is 1. The van der Waals surface area contributed by atoms with Gasteiger partial charge in [0.1, 0.15) is 28.0 Å². The lowest BCUT2D eigenvalue weighted by Gasteiger charge is -2.19. The number of rotatable bonds is 3. The minimum absolute atomic E-state index is 0.00669. The van der Waals surface area contributed by atoms with Crippen LogP contribution in [0, 0.1) is 0 Å². The lowest BCUT2D eigenvalue weighted by Crippen LogP contribution is -2.18. The van der Waals surface area contributed by atoms with Gasteiger partial charge in [-0.1, -0.05) is 96.1 Å². The van der Waals surface area contributed by atoms with Crippen LogP contribution in [0.25, 0.3) is 22.3 Å². The van der Waals surface area contributed by atoms with Gasteiger partial charge in [-0.3, -0.25) is 9.59 Å². The summed E-state index contributed by atoms with van der Waals surface area (Å²) < 4.78 is 6.11. The average molecular weight is 455 g/mol. The quantitative estimate of drug-likeness (QED) is 0.339. The van der Waals surface area contributed by atoms with Crippen LogP contribution >= 0.6 is 0 Å². The van der Waals surface area contributed by atoms with Gasteiger partial charge in [-0.15, -0.1) is 0 Å². The lowest BCUT2D eigenvalue weighted by molar-refractivity contribution is 0.103. The van der Waals surface area contributed by atoms with Gasteiger partial charge in [0, 0.05) is 11.1 Å². The van der Waals surface area contributed by atoms with Gasteiger partial charge in [0.15, 0.2) is 0 Å². The molecule has 1 aromatic heterocycles. The summed E-state index contributed by atoms with van der Waals surface area (Å²) >= 11 is 0. The molecule has 4 nitrogen and oxygen atoms in total. The van der Waals surface area contributed by atoms with Crippen molar-refractivity contribution in [2.75, 3.05) is 0 Å². The Kier molecular flexibility index (Phi) is 5.72. The number of hydrogen-bond donors (Lipinski definition) is 1. The highest BCUT2D eigenvalue weighted by atomic mass is 16.3. The van der Waals surface area contributed by atoms with Gasteiger partial charge >= 0.3 is 0 Å². The molecule has 0 aliphatic rings. The minimum Gasteiger partial charge on any atom is -0.507 e. The lowest BCUT2D eigenvalue weighted by atomic mass is 9.85. The minimum atomic E-state index is -0.542. The molecular weight excluding hydrogens is 424 g/mol. The summed E-state index contributed by atoms with van der Waals surface area (Å²) in [6.45, 7) is 12.7. The summed E-state index contributed by atoms with van der Waals surface area (Å²) in [6, 6.07) is 19.6. The van der Waals surface area contributed by atoms with E-state index in [-0.39, 0.29) is 38.9 Å². The molecule has 0 spiro atoms. The maximum atomic E-state index is 13.7. The molecule has 0 radical (unpaired) electrons.